The lowest BCUT2D eigenvalue weighted by Crippen LogP contribution is -2.50. The molecule has 1 aromatic rings. The number of benzene rings is 1. The largest absolute Gasteiger partial charge is 0.493 e. The molecule has 2 amide bonds. The molecule has 0 aliphatic carbocycles. The van der Waals surface area contributed by atoms with Crippen LogP contribution in [0.4, 0.5) is 0 Å². The number of aryl methyl sites for hydroxylation is 1. The van der Waals surface area contributed by atoms with E-state index >= 15 is 0 Å². The van der Waals surface area contributed by atoms with Crippen molar-refractivity contribution in [3.63, 3.8) is 0 Å². The Labute approximate surface area is 155 Å². The van der Waals surface area contributed by atoms with Crippen molar-refractivity contribution in [2.45, 2.75) is 19.3 Å². The maximum Gasteiger partial charge on any atom is 0.242 e. The van der Waals surface area contributed by atoms with Crippen LogP contribution in [0.5, 0.6) is 11.5 Å². The summed E-state index contributed by atoms with van der Waals surface area (Å²) < 4.78 is 10.5. The summed E-state index contributed by atoms with van der Waals surface area (Å²) in [6.45, 7) is 3.30. The third-order valence-electron chi connectivity index (χ3n) is 4.61. The molecule has 1 aromatic carbocycles. The Morgan fingerprint density at radius 3 is 2.42 bits per heavy atom. The Morgan fingerprint density at radius 2 is 1.77 bits per heavy atom. The van der Waals surface area contributed by atoms with Gasteiger partial charge in [-0.3, -0.25) is 9.59 Å². The number of ether oxygens (including phenoxy) is 2. The van der Waals surface area contributed by atoms with Crippen molar-refractivity contribution in [1.29, 1.82) is 0 Å². The van der Waals surface area contributed by atoms with Crippen LogP contribution in [0.1, 0.15) is 18.4 Å². The van der Waals surface area contributed by atoms with Crippen LogP contribution in [0, 0.1) is 0 Å². The molecule has 0 aromatic heterocycles. The predicted molar refractivity (Wildman–Crippen MR) is 99.6 cm³/mol. The summed E-state index contributed by atoms with van der Waals surface area (Å²) in [6, 6.07) is 5.76. The topological polar surface area (TPSA) is 71.1 Å². The van der Waals surface area contributed by atoms with Crippen LogP contribution >= 0.6 is 0 Å². The highest BCUT2D eigenvalue weighted by Gasteiger charge is 2.19. The minimum atomic E-state index is -0.0899. The molecule has 0 unspecified atom stereocenters. The predicted octanol–water partition coefficient (Wildman–Crippen LogP) is 0.917. The van der Waals surface area contributed by atoms with Gasteiger partial charge in [0.2, 0.25) is 11.8 Å². The molecule has 1 aliphatic heterocycles. The molecule has 0 atom stereocenters. The van der Waals surface area contributed by atoms with E-state index < -0.39 is 0 Å². The van der Waals surface area contributed by atoms with E-state index in [1.165, 1.54) is 0 Å². The second-order valence-corrected chi connectivity index (χ2v) is 6.50. The maximum atomic E-state index is 12.1. The first-order chi connectivity index (χ1) is 12.5. The zero-order chi connectivity index (χ0) is 18.9. The van der Waals surface area contributed by atoms with Crippen molar-refractivity contribution in [1.82, 2.24) is 15.1 Å². The third kappa shape index (κ3) is 5.91. The molecule has 2 rings (SSSR count). The number of nitrogens with one attached hydrogen (secondary N) is 1. The second-order valence-electron chi connectivity index (χ2n) is 6.50. The number of rotatable bonds is 8. The summed E-state index contributed by atoms with van der Waals surface area (Å²) in [4.78, 5) is 28.1. The second kappa shape index (κ2) is 10.0. The number of piperazine rings is 1. The van der Waals surface area contributed by atoms with E-state index in [-0.39, 0.29) is 18.4 Å². The number of carbonyl (C=O) groups is 2. The molecule has 1 heterocycles. The lowest BCUT2D eigenvalue weighted by atomic mass is 10.1. The van der Waals surface area contributed by atoms with Crippen molar-refractivity contribution in [3.05, 3.63) is 23.8 Å². The van der Waals surface area contributed by atoms with Gasteiger partial charge < -0.3 is 24.6 Å². The van der Waals surface area contributed by atoms with Gasteiger partial charge in [0.1, 0.15) is 0 Å². The molecular formula is C19H29N3O4. The van der Waals surface area contributed by atoms with E-state index in [2.05, 4.69) is 10.2 Å². The van der Waals surface area contributed by atoms with Crippen molar-refractivity contribution < 1.29 is 19.1 Å². The Morgan fingerprint density at radius 1 is 1.08 bits per heavy atom. The average molecular weight is 363 g/mol. The van der Waals surface area contributed by atoms with Gasteiger partial charge in [-0.05, 0) is 37.6 Å². The number of likely N-dealkylation sites (N-methyl/N-ethyl adjacent to an activating group) is 1. The average Bonchev–Trinajstić information content (AvgIpc) is 2.66. The number of hydrogen-bond donors (Lipinski definition) is 1. The first-order valence-electron chi connectivity index (χ1n) is 8.97. The zero-order valence-electron chi connectivity index (χ0n) is 15.9. The molecule has 1 fully saturated rings. The van der Waals surface area contributed by atoms with Crippen molar-refractivity contribution in [2.75, 3.05) is 54.0 Å². The number of hydrogen-bond acceptors (Lipinski definition) is 5. The molecule has 7 nitrogen and oxygen atoms in total. The number of amides is 2. The van der Waals surface area contributed by atoms with Crippen LogP contribution in [-0.4, -0.2) is 75.6 Å². The molecule has 1 saturated heterocycles. The maximum absolute atomic E-state index is 12.1. The molecule has 144 valence electrons. The molecule has 0 radical (unpaired) electrons. The summed E-state index contributed by atoms with van der Waals surface area (Å²) >= 11 is 0. The van der Waals surface area contributed by atoms with E-state index in [1.54, 1.807) is 14.2 Å². The monoisotopic (exact) mass is 363 g/mol. The van der Waals surface area contributed by atoms with Gasteiger partial charge in [-0.25, -0.2) is 0 Å². The quantitative estimate of drug-likeness (QED) is 0.744. The minimum absolute atomic E-state index is 0.00802. The van der Waals surface area contributed by atoms with Gasteiger partial charge in [-0.1, -0.05) is 6.07 Å². The smallest absolute Gasteiger partial charge is 0.242 e. The SMILES string of the molecule is COc1ccc(CCCC(=O)NCC(=O)N2CCN(C)CC2)cc1OC. The van der Waals surface area contributed by atoms with Gasteiger partial charge in [-0.2, -0.15) is 0 Å². The lowest BCUT2D eigenvalue weighted by molar-refractivity contribution is -0.134. The highest BCUT2D eigenvalue weighted by atomic mass is 16.5. The van der Waals surface area contributed by atoms with Gasteiger partial charge >= 0.3 is 0 Å². The number of methoxy groups -OCH3 is 2. The van der Waals surface area contributed by atoms with Crippen LogP contribution in [0.15, 0.2) is 18.2 Å². The van der Waals surface area contributed by atoms with Crippen LogP contribution in [0.25, 0.3) is 0 Å². The van der Waals surface area contributed by atoms with E-state index in [0.29, 0.717) is 24.3 Å². The number of carbonyl (C=O) groups excluding carboxylic acids is 2. The van der Waals surface area contributed by atoms with E-state index in [0.717, 1.165) is 38.2 Å². The summed E-state index contributed by atoms with van der Waals surface area (Å²) in [7, 11) is 5.25. The van der Waals surface area contributed by atoms with Crippen molar-refractivity contribution >= 4 is 11.8 Å². The highest BCUT2D eigenvalue weighted by Crippen LogP contribution is 2.28. The third-order valence-corrected chi connectivity index (χ3v) is 4.61. The van der Waals surface area contributed by atoms with Gasteiger partial charge in [-0.15, -0.1) is 0 Å². The molecule has 0 saturated carbocycles. The van der Waals surface area contributed by atoms with E-state index in [9.17, 15) is 9.59 Å². The van der Waals surface area contributed by atoms with Crippen LogP contribution in [0.3, 0.4) is 0 Å². The molecule has 0 bridgehead atoms. The summed E-state index contributed by atoms with van der Waals surface area (Å²) in [5, 5.41) is 2.73. The Hall–Kier alpha value is -2.28. The molecule has 7 heteroatoms. The fourth-order valence-electron chi connectivity index (χ4n) is 2.92. The molecule has 26 heavy (non-hydrogen) atoms. The van der Waals surface area contributed by atoms with Crippen molar-refractivity contribution in [2.24, 2.45) is 0 Å². The Balaban J connectivity index is 1.68. The summed E-state index contributed by atoms with van der Waals surface area (Å²) in [6.07, 6.45) is 1.87. The molecule has 0 spiro atoms. The van der Waals surface area contributed by atoms with Crippen LogP contribution < -0.4 is 14.8 Å². The van der Waals surface area contributed by atoms with Crippen molar-refractivity contribution in [3.8, 4) is 11.5 Å². The minimum Gasteiger partial charge on any atom is -0.493 e. The molecule has 1 N–H and O–H groups in total. The highest BCUT2D eigenvalue weighted by molar-refractivity contribution is 5.84. The Bertz CT molecular complexity index is 613. The Kier molecular flexibility index (Phi) is 7.72. The van der Waals surface area contributed by atoms with E-state index in [1.807, 2.05) is 30.1 Å². The first-order valence-corrected chi connectivity index (χ1v) is 8.97. The lowest BCUT2D eigenvalue weighted by Gasteiger charge is -2.32. The van der Waals surface area contributed by atoms with Gasteiger partial charge in [0.15, 0.2) is 11.5 Å². The summed E-state index contributed by atoms with van der Waals surface area (Å²) in [5.74, 6) is 1.28. The van der Waals surface area contributed by atoms with Gasteiger partial charge in [0, 0.05) is 32.6 Å². The van der Waals surface area contributed by atoms with Crippen LogP contribution in [-0.2, 0) is 16.0 Å². The summed E-state index contributed by atoms with van der Waals surface area (Å²) in [5.41, 5.74) is 1.09. The first kappa shape index (κ1) is 20.0. The molecule has 1 aliphatic rings. The fourth-order valence-corrected chi connectivity index (χ4v) is 2.92. The normalized spacial score (nSPS) is 14.8. The van der Waals surface area contributed by atoms with Gasteiger partial charge in [0.05, 0.1) is 20.8 Å². The van der Waals surface area contributed by atoms with Gasteiger partial charge in [0.25, 0.3) is 0 Å². The number of nitrogens with zero attached hydrogens (tertiary/aromatic N) is 2. The van der Waals surface area contributed by atoms with E-state index in [4.69, 9.17) is 9.47 Å². The standard InChI is InChI=1S/C19H29N3O4/c1-21-9-11-22(12-10-21)19(24)14-20-18(23)6-4-5-15-7-8-16(25-2)17(13-15)26-3/h7-8,13H,4-6,9-12,14H2,1-3H3,(H,20,23). The molecular weight excluding hydrogens is 334 g/mol. The zero-order valence-corrected chi connectivity index (χ0v) is 15.9. The fraction of sp³-hybridized carbons (Fsp3) is 0.579. The van der Waals surface area contributed by atoms with Crippen LogP contribution in [0.2, 0.25) is 0 Å².